The number of hydrogen-bond donors (Lipinski definition) is 1. The van der Waals surface area contributed by atoms with Crippen molar-refractivity contribution in [3.8, 4) is 5.75 Å². The van der Waals surface area contributed by atoms with Crippen LogP contribution >= 0.6 is 11.6 Å². The lowest BCUT2D eigenvalue weighted by molar-refractivity contribution is 0.147. The maximum absolute atomic E-state index is 6.22. The summed E-state index contributed by atoms with van der Waals surface area (Å²) in [6.07, 6.45) is 0.982. The standard InChI is InChI=1S/C15H21ClN2O/c1-15(2)10-18(5-4-17-15)9-12-8-13(16)7-11-3-6-19-14(11)12/h7-8,17H,3-6,9-10H2,1-2H3. The van der Waals surface area contributed by atoms with Crippen molar-refractivity contribution in [3.63, 3.8) is 0 Å². The molecule has 19 heavy (non-hydrogen) atoms. The minimum atomic E-state index is 0.181. The fourth-order valence-corrected chi connectivity index (χ4v) is 3.35. The van der Waals surface area contributed by atoms with Crippen LogP contribution in [0.25, 0.3) is 0 Å². The van der Waals surface area contributed by atoms with Gasteiger partial charge in [0.1, 0.15) is 5.75 Å². The van der Waals surface area contributed by atoms with Gasteiger partial charge in [0.15, 0.2) is 0 Å². The lowest BCUT2D eigenvalue weighted by Gasteiger charge is -2.39. The lowest BCUT2D eigenvalue weighted by Crippen LogP contribution is -2.56. The third-order valence-corrected chi connectivity index (χ3v) is 4.09. The van der Waals surface area contributed by atoms with E-state index in [-0.39, 0.29) is 5.54 Å². The second kappa shape index (κ2) is 4.97. The fourth-order valence-electron chi connectivity index (χ4n) is 3.09. The predicted molar refractivity (Wildman–Crippen MR) is 78.0 cm³/mol. The molecule has 0 atom stereocenters. The Morgan fingerprint density at radius 2 is 2.26 bits per heavy atom. The van der Waals surface area contributed by atoms with E-state index < -0.39 is 0 Å². The topological polar surface area (TPSA) is 24.5 Å². The number of fused-ring (bicyclic) bond motifs is 1. The maximum atomic E-state index is 6.22. The van der Waals surface area contributed by atoms with Crippen molar-refractivity contribution < 1.29 is 4.74 Å². The summed E-state index contributed by atoms with van der Waals surface area (Å²) in [4.78, 5) is 2.48. The van der Waals surface area contributed by atoms with Crippen molar-refractivity contribution in [2.75, 3.05) is 26.2 Å². The molecule has 1 N–H and O–H groups in total. The summed E-state index contributed by atoms with van der Waals surface area (Å²) in [5.74, 6) is 1.07. The van der Waals surface area contributed by atoms with Crippen LogP contribution in [0, 0.1) is 0 Å². The molecule has 0 radical (unpaired) electrons. The average Bonchev–Trinajstić information content (AvgIpc) is 2.75. The van der Waals surface area contributed by atoms with Crippen molar-refractivity contribution in [1.82, 2.24) is 10.2 Å². The summed E-state index contributed by atoms with van der Waals surface area (Å²) < 4.78 is 5.78. The van der Waals surface area contributed by atoms with Gasteiger partial charge in [0.05, 0.1) is 6.61 Å². The molecule has 1 aromatic rings. The fraction of sp³-hybridized carbons (Fsp3) is 0.600. The first-order valence-corrected chi connectivity index (χ1v) is 7.33. The molecule has 3 rings (SSSR count). The van der Waals surface area contributed by atoms with Gasteiger partial charge in [-0.1, -0.05) is 11.6 Å². The number of nitrogens with one attached hydrogen (secondary N) is 1. The van der Waals surface area contributed by atoms with E-state index in [9.17, 15) is 0 Å². The molecule has 1 saturated heterocycles. The molecule has 0 saturated carbocycles. The van der Waals surface area contributed by atoms with Crippen molar-refractivity contribution in [3.05, 3.63) is 28.3 Å². The molecule has 2 aliphatic rings. The Bertz CT molecular complexity index is 487. The second-order valence-corrected chi connectivity index (χ2v) is 6.61. The van der Waals surface area contributed by atoms with Crippen LogP contribution in [-0.2, 0) is 13.0 Å². The van der Waals surface area contributed by atoms with Gasteiger partial charge in [-0.05, 0) is 31.5 Å². The molecule has 0 bridgehead atoms. The maximum Gasteiger partial charge on any atom is 0.127 e. The molecular formula is C15H21ClN2O. The Morgan fingerprint density at radius 3 is 3.05 bits per heavy atom. The molecule has 1 fully saturated rings. The number of hydrogen-bond acceptors (Lipinski definition) is 3. The largest absolute Gasteiger partial charge is 0.493 e. The van der Waals surface area contributed by atoms with Gasteiger partial charge < -0.3 is 10.1 Å². The van der Waals surface area contributed by atoms with Gasteiger partial charge in [0.25, 0.3) is 0 Å². The first-order chi connectivity index (χ1) is 9.03. The number of halogens is 1. The molecule has 0 aliphatic carbocycles. The highest BCUT2D eigenvalue weighted by molar-refractivity contribution is 6.30. The molecular weight excluding hydrogens is 260 g/mol. The molecule has 3 nitrogen and oxygen atoms in total. The first-order valence-electron chi connectivity index (χ1n) is 6.95. The van der Waals surface area contributed by atoms with Crippen LogP contribution < -0.4 is 10.1 Å². The van der Waals surface area contributed by atoms with E-state index in [1.807, 2.05) is 6.07 Å². The number of piperazine rings is 1. The van der Waals surface area contributed by atoms with Gasteiger partial charge in [0.2, 0.25) is 0 Å². The SMILES string of the molecule is CC1(C)CN(Cc2cc(Cl)cc3c2OCC3)CCN1. The van der Waals surface area contributed by atoms with E-state index in [1.54, 1.807) is 0 Å². The van der Waals surface area contributed by atoms with Crippen LogP contribution in [0.1, 0.15) is 25.0 Å². The second-order valence-electron chi connectivity index (χ2n) is 6.17. The number of ether oxygens (including phenoxy) is 1. The summed E-state index contributed by atoms with van der Waals surface area (Å²) in [6.45, 7) is 9.37. The van der Waals surface area contributed by atoms with Crippen molar-refractivity contribution in [2.45, 2.75) is 32.4 Å². The smallest absolute Gasteiger partial charge is 0.127 e. The molecule has 0 unspecified atom stereocenters. The Hall–Kier alpha value is -0.770. The van der Waals surface area contributed by atoms with E-state index >= 15 is 0 Å². The molecule has 1 aromatic carbocycles. The molecule has 4 heteroatoms. The molecule has 0 spiro atoms. The normalized spacial score (nSPS) is 22.1. The molecule has 2 heterocycles. The van der Waals surface area contributed by atoms with Crippen LogP contribution in [-0.4, -0.2) is 36.7 Å². The van der Waals surface area contributed by atoms with Gasteiger partial charge in [-0.25, -0.2) is 0 Å². The summed E-state index contributed by atoms with van der Waals surface area (Å²) in [7, 11) is 0. The number of nitrogens with zero attached hydrogens (tertiary/aromatic N) is 1. The number of rotatable bonds is 2. The summed E-state index contributed by atoms with van der Waals surface area (Å²) >= 11 is 6.22. The van der Waals surface area contributed by atoms with Crippen molar-refractivity contribution in [1.29, 1.82) is 0 Å². The number of benzene rings is 1. The lowest BCUT2D eigenvalue weighted by atomic mass is 10.0. The summed E-state index contributed by atoms with van der Waals surface area (Å²) in [5.41, 5.74) is 2.68. The first kappa shape index (κ1) is 13.2. The monoisotopic (exact) mass is 280 g/mol. The van der Waals surface area contributed by atoms with Gasteiger partial charge in [-0.15, -0.1) is 0 Å². The summed E-state index contributed by atoms with van der Waals surface area (Å²) in [6, 6.07) is 4.09. The van der Waals surface area contributed by atoms with Crippen LogP contribution in [0.3, 0.4) is 0 Å². The quantitative estimate of drug-likeness (QED) is 0.901. The molecule has 104 valence electrons. The van der Waals surface area contributed by atoms with E-state index in [1.165, 1.54) is 11.1 Å². The minimum Gasteiger partial charge on any atom is -0.493 e. The zero-order valence-electron chi connectivity index (χ0n) is 11.6. The zero-order valence-corrected chi connectivity index (χ0v) is 12.4. The van der Waals surface area contributed by atoms with Crippen LogP contribution in [0.2, 0.25) is 5.02 Å². The van der Waals surface area contributed by atoms with Crippen LogP contribution in [0.4, 0.5) is 0 Å². The van der Waals surface area contributed by atoms with Crippen molar-refractivity contribution >= 4 is 11.6 Å². The highest BCUT2D eigenvalue weighted by Crippen LogP contribution is 2.33. The van der Waals surface area contributed by atoms with E-state index in [4.69, 9.17) is 16.3 Å². The van der Waals surface area contributed by atoms with E-state index in [0.29, 0.717) is 0 Å². The van der Waals surface area contributed by atoms with E-state index in [0.717, 1.165) is 50.0 Å². The Kier molecular flexibility index (Phi) is 3.46. The molecule has 0 aromatic heterocycles. The molecule has 0 amide bonds. The highest BCUT2D eigenvalue weighted by atomic mass is 35.5. The van der Waals surface area contributed by atoms with E-state index in [2.05, 4.69) is 30.1 Å². The average molecular weight is 281 g/mol. The highest BCUT2D eigenvalue weighted by Gasteiger charge is 2.27. The minimum absolute atomic E-state index is 0.181. The van der Waals surface area contributed by atoms with Gasteiger partial charge >= 0.3 is 0 Å². The zero-order chi connectivity index (χ0) is 13.5. The third kappa shape index (κ3) is 2.88. The predicted octanol–water partition coefficient (Wildman–Crippen LogP) is 2.46. The van der Waals surface area contributed by atoms with Gasteiger partial charge in [-0.3, -0.25) is 4.90 Å². The van der Waals surface area contributed by atoms with Gasteiger partial charge in [-0.2, -0.15) is 0 Å². The molecule has 2 aliphatic heterocycles. The third-order valence-electron chi connectivity index (χ3n) is 3.87. The van der Waals surface area contributed by atoms with Crippen LogP contribution in [0.15, 0.2) is 12.1 Å². The summed E-state index contributed by atoms with van der Waals surface area (Å²) in [5, 5.41) is 4.37. The Balaban J connectivity index is 1.80. The van der Waals surface area contributed by atoms with Gasteiger partial charge in [0, 0.05) is 48.7 Å². The Labute approximate surface area is 119 Å². The van der Waals surface area contributed by atoms with Crippen LogP contribution in [0.5, 0.6) is 5.75 Å². The van der Waals surface area contributed by atoms with Crippen molar-refractivity contribution in [2.24, 2.45) is 0 Å². The Morgan fingerprint density at radius 1 is 1.42 bits per heavy atom.